The molecule has 3 aromatic carbocycles. The number of nitrogens with one attached hydrogen (secondary N) is 16. The third-order valence-corrected chi connectivity index (χ3v) is 18.8. The van der Waals surface area contributed by atoms with Gasteiger partial charge in [-0.1, -0.05) is 107 Å². The first-order valence-electron chi connectivity index (χ1n) is 39.5. The number of benzene rings is 3. The zero-order valence-corrected chi connectivity index (χ0v) is 69.8. The van der Waals surface area contributed by atoms with Crippen LogP contribution in [0.25, 0.3) is 10.9 Å². The molecule has 44 heteroatoms. The maximum Gasteiger partial charge on any atom is 0.305 e. The molecule has 0 saturated carbocycles. The predicted molar refractivity (Wildman–Crippen MR) is 436 cm³/mol. The lowest BCUT2D eigenvalue weighted by Gasteiger charge is -2.29. The Morgan fingerprint density at radius 2 is 0.645 bits per heavy atom. The Labute approximate surface area is 711 Å². The highest BCUT2D eigenvalue weighted by molar-refractivity contribution is 6.02. The number of fused-ring (bicyclic) bond motifs is 1. The van der Waals surface area contributed by atoms with Crippen LogP contribution in [0.1, 0.15) is 131 Å². The topological polar surface area (TPSA) is 705 Å². The lowest BCUT2D eigenvalue weighted by molar-refractivity contribution is -0.143. The summed E-state index contributed by atoms with van der Waals surface area (Å²) in [5.41, 5.74) is 7.06. The number of aliphatic hydroxyl groups excluding tert-OH is 3. The van der Waals surface area contributed by atoms with Crippen LogP contribution >= 0.6 is 0 Å². The second-order valence-corrected chi connectivity index (χ2v) is 30.5. The number of primary amides is 1. The van der Waals surface area contributed by atoms with Crippen molar-refractivity contribution in [1.82, 2.24) is 84.7 Å². The van der Waals surface area contributed by atoms with Crippen molar-refractivity contribution < 1.29 is 132 Å². The van der Waals surface area contributed by atoms with Crippen LogP contribution < -0.4 is 85.5 Å². The Balaban J connectivity index is 1.58. The number of rotatable bonds is 52. The van der Waals surface area contributed by atoms with E-state index in [1.165, 1.54) is 13.1 Å². The molecule has 0 radical (unpaired) electrons. The Morgan fingerprint density at radius 3 is 1.02 bits per heavy atom. The quantitative estimate of drug-likeness (QED) is 0.0196. The van der Waals surface area contributed by atoms with E-state index in [-0.39, 0.29) is 38.0 Å². The van der Waals surface area contributed by atoms with Gasteiger partial charge in [0.25, 0.3) is 0 Å². The van der Waals surface area contributed by atoms with E-state index in [9.17, 15) is 127 Å². The summed E-state index contributed by atoms with van der Waals surface area (Å²) in [4.78, 5) is 272. The number of H-pyrrole nitrogens is 1. The van der Waals surface area contributed by atoms with Gasteiger partial charge in [-0.2, -0.15) is 0 Å². The van der Waals surface area contributed by atoms with Gasteiger partial charge in [-0.3, -0.25) is 95.9 Å². The largest absolute Gasteiger partial charge is 0.481 e. The Hall–Kier alpha value is -13.5. The third kappa shape index (κ3) is 34.9. The summed E-state index contributed by atoms with van der Waals surface area (Å²) in [7, 11) is 0. The van der Waals surface area contributed by atoms with Gasteiger partial charge in [0, 0.05) is 49.7 Å². The molecule has 0 aliphatic heterocycles. The number of nitrogens with two attached hydrogens (primary N) is 1. The van der Waals surface area contributed by atoms with Crippen LogP contribution in [-0.4, -0.2) is 269 Å². The highest BCUT2D eigenvalue weighted by Crippen LogP contribution is 2.21. The van der Waals surface area contributed by atoms with Gasteiger partial charge in [-0.15, -0.1) is 0 Å². The summed E-state index contributed by atoms with van der Waals surface area (Å²) in [6.45, 7) is 12.3. The second-order valence-electron chi connectivity index (χ2n) is 30.5. The van der Waals surface area contributed by atoms with Crippen molar-refractivity contribution in [3.63, 3.8) is 0 Å². The van der Waals surface area contributed by atoms with Crippen LogP contribution in [0.5, 0.6) is 0 Å². The molecule has 0 spiro atoms. The first kappa shape index (κ1) is 103. The van der Waals surface area contributed by atoms with Crippen molar-refractivity contribution in [2.75, 3.05) is 6.61 Å². The smallest absolute Gasteiger partial charge is 0.305 e. The molecule has 0 bridgehead atoms. The maximum absolute atomic E-state index is 15.0. The standard InChI is InChI=1S/C80H111N17O27/c1-37(2)27-51(89-76(120)58(34-63(108)109)93-75(119)57(33-62(106)107)88-68(112)41(7)85-79(123)64(42(8)99)96-77(121)54(30-46-21-15-12-16-22-46)91-74(118)56(32-61(104)105)86-44(10)101)71(115)83-39(5)67(111)87-50(25-26-60(102)103)70(114)92-55(31-47-35-82-49-24-18-17-23-48(47)49)73(117)90-53(29-45-19-13-11-14-20-45)78(122)97-65(43(9)100)80(124)94-52(28-38(3)4)72(116)84-40(6)69(113)95-59(36-98)66(81)110/h11-24,35,37-43,50-59,64-65,82,98-100H,25-34,36H2,1-10H3,(H2,81,110)(H,83,115)(H,84,116)(H,85,123)(H,86,101)(H,87,111)(H,88,112)(H,89,120)(H,90,117)(H,91,118)(H,92,114)(H,93,119)(H,94,124)(H,95,113)(H,96,121)(H,97,122)(H,102,103)(H,104,105)(H,106,107)(H,108,109)/t39-,40-,41-,42+,43+,50-,51-,52-,53-,54-,55-,56-,57-,58-,59-,64-,65-/m0/s1. The Bertz CT molecular complexity index is 4450. The molecule has 0 saturated heterocycles. The fraction of sp³-hybridized carbons (Fsp3) is 0.500. The predicted octanol–water partition coefficient (Wildman–Crippen LogP) is -5.83. The summed E-state index contributed by atoms with van der Waals surface area (Å²) in [6.07, 6.45) is -8.23. The molecular formula is C80H111N17O27. The molecule has 16 amide bonds. The number of hydrogen-bond donors (Lipinski definition) is 24. The molecule has 0 aliphatic carbocycles. The van der Waals surface area contributed by atoms with Crippen molar-refractivity contribution in [1.29, 1.82) is 0 Å². The number of carbonyl (C=O) groups excluding carboxylic acids is 16. The summed E-state index contributed by atoms with van der Waals surface area (Å²) >= 11 is 0. The average molecular weight is 1740 g/mol. The first-order chi connectivity index (χ1) is 58.2. The number of amides is 16. The van der Waals surface area contributed by atoms with Gasteiger partial charge in [-0.25, -0.2) is 0 Å². The first-order valence-corrected chi connectivity index (χ1v) is 39.5. The van der Waals surface area contributed by atoms with E-state index in [0.717, 1.165) is 34.6 Å². The molecule has 678 valence electrons. The number of hydrogen-bond acceptors (Lipinski definition) is 23. The summed E-state index contributed by atoms with van der Waals surface area (Å²) in [5.74, 6) is -25.6. The molecule has 124 heavy (non-hydrogen) atoms. The minimum absolute atomic E-state index is 0.0648. The van der Waals surface area contributed by atoms with Gasteiger partial charge in [0.1, 0.15) is 90.6 Å². The number of aliphatic carboxylic acids is 4. The highest BCUT2D eigenvalue weighted by atomic mass is 16.4. The number of para-hydroxylation sites is 1. The number of aliphatic hydroxyl groups is 3. The van der Waals surface area contributed by atoms with Crippen molar-refractivity contribution >= 4 is 129 Å². The molecular weight excluding hydrogens is 1630 g/mol. The van der Waals surface area contributed by atoms with Crippen molar-refractivity contribution in [2.24, 2.45) is 17.6 Å². The summed E-state index contributed by atoms with van der Waals surface area (Å²) in [5, 5.41) is 106. The van der Waals surface area contributed by atoms with E-state index < -0.39 is 266 Å². The van der Waals surface area contributed by atoms with Gasteiger partial charge in [-0.05, 0) is 88.5 Å². The van der Waals surface area contributed by atoms with Crippen molar-refractivity contribution in [3.8, 4) is 0 Å². The van der Waals surface area contributed by atoms with E-state index in [2.05, 4.69) is 79.4 Å². The van der Waals surface area contributed by atoms with Crippen LogP contribution in [0.3, 0.4) is 0 Å². The molecule has 0 unspecified atom stereocenters. The summed E-state index contributed by atoms with van der Waals surface area (Å²) < 4.78 is 0. The van der Waals surface area contributed by atoms with E-state index in [1.807, 2.05) is 5.32 Å². The van der Waals surface area contributed by atoms with Crippen LogP contribution in [-0.2, 0) is 115 Å². The van der Waals surface area contributed by atoms with Gasteiger partial charge in [0.05, 0.1) is 38.1 Å². The lowest BCUT2D eigenvalue weighted by atomic mass is 10.00. The van der Waals surface area contributed by atoms with Crippen LogP contribution in [0.15, 0.2) is 91.1 Å². The van der Waals surface area contributed by atoms with Crippen LogP contribution in [0.4, 0.5) is 0 Å². The van der Waals surface area contributed by atoms with Gasteiger partial charge < -0.3 is 126 Å². The monoisotopic (exact) mass is 1740 g/mol. The van der Waals surface area contributed by atoms with Gasteiger partial charge >= 0.3 is 23.9 Å². The maximum atomic E-state index is 15.0. The van der Waals surface area contributed by atoms with Crippen molar-refractivity contribution in [2.45, 2.75) is 236 Å². The molecule has 4 rings (SSSR count). The molecule has 25 N–H and O–H groups in total. The Morgan fingerprint density at radius 1 is 0.339 bits per heavy atom. The number of aromatic nitrogens is 1. The molecule has 1 aromatic heterocycles. The lowest BCUT2D eigenvalue weighted by Crippen LogP contribution is -2.62. The highest BCUT2D eigenvalue weighted by Gasteiger charge is 2.40. The zero-order chi connectivity index (χ0) is 93.1. The Kier molecular flexibility index (Phi) is 41.5. The van der Waals surface area contributed by atoms with Crippen LogP contribution in [0.2, 0.25) is 0 Å². The molecule has 17 atom stereocenters. The minimum atomic E-state index is -2.18. The van der Waals surface area contributed by atoms with Crippen LogP contribution in [0, 0.1) is 11.8 Å². The summed E-state index contributed by atoms with van der Waals surface area (Å²) in [6, 6.07) is -3.45. The van der Waals surface area contributed by atoms with E-state index in [1.54, 1.807) is 113 Å². The van der Waals surface area contributed by atoms with Gasteiger partial charge in [0.15, 0.2) is 0 Å². The van der Waals surface area contributed by atoms with Crippen molar-refractivity contribution in [3.05, 3.63) is 108 Å². The number of carbonyl (C=O) groups is 20. The molecule has 1 heterocycles. The number of carboxylic acids is 4. The van der Waals surface area contributed by atoms with E-state index >= 15 is 4.79 Å². The minimum Gasteiger partial charge on any atom is -0.481 e. The average Bonchev–Trinajstić information content (AvgIpc) is 1.68. The fourth-order valence-corrected chi connectivity index (χ4v) is 12.4. The third-order valence-electron chi connectivity index (χ3n) is 18.8. The van der Waals surface area contributed by atoms with E-state index in [0.29, 0.717) is 27.6 Å². The fourth-order valence-electron chi connectivity index (χ4n) is 12.4. The number of aromatic amines is 1. The zero-order valence-electron chi connectivity index (χ0n) is 69.8. The molecule has 44 nitrogen and oxygen atoms in total. The van der Waals surface area contributed by atoms with E-state index in [4.69, 9.17) is 5.73 Å². The normalized spacial score (nSPS) is 15.2. The molecule has 4 aromatic rings. The SMILES string of the molecule is CC(=O)N[C@@H](CC(=O)O)C(=O)N[C@@H](Cc1ccccc1)C(=O)N[C@H](C(=O)N[C@@H](C)C(=O)N[C@@H](CC(=O)O)C(=O)N[C@@H](CC(=O)O)C(=O)N[C@@H](CC(C)C)C(=O)N[C@@H](C)C(=O)N[C@@H](CCC(=O)O)C(=O)N[C@@H](Cc1c[nH]c2ccccc12)C(=O)N[C@@H](Cc1ccccc1)C(=O)N[C@H](C(=O)N[C@@H](CC(C)C)C(=O)N[C@@H](C)C(=O)N[C@@H](CO)C(N)=O)[C@@H](C)O)[C@@H](C)O. The molecule has 0 fully saturated rings. The number of carboxylic acid groups (broad SMARTS) is 4. The second kappa shape index (κ2) is 50.0. The van der Waals surface area contributed by atoms with Gasteiger partial charge in [0.2, 0.25) is 94.5 Å². The molecule has 0 aliphatic rings.